The number of benzene rings is 2. The Kier molecular flexibility index (Phi) is 4.19. The van der Waals surface area contributed by atoms with Gasteiger partial charge in [0.15, 0.2) is 0 Å². The van der Waals surface area contributed by atoms with Crippen LogP contribution in [0, 0.1) is 0 Å². The van der Waals surface area contributed by atoms with Crippen LogP contribution in [0.4, 0.5) is 0 Å². The van der Waals surface area contributed by atoms with Crippen molar-refractivity contribution in [1.29, 1.82) is 0 Å². The number of carbonyl (C=O) groups excluding carboxylic acids is 1. The molecule has 7 nitrogen and oxygen atoms in total. The van der Waals surface area contributed by atoms with Crippen molar-refractivity contribution < 1.29 is 4.79 Å². The molecule has 0 unspecified atom stereocenters. The molecule has 0 radical (unpaired) electrons. The Morgan fingerprint density at radius 1 is 1.04 bits per heavy atom. The second-order valence-electron chi connectivity index (χ2n) is 4.81. The fraction of sp³-hybridized carbons (Fsp3) is 0.0625. The molecule has 0 aliphatic carbocycles. The van der Waals surface area contributed by atoms with Gasteiger partial charge in [-0.15, -0.1) is 5.10 Å². The number of hydrazone groups is 1. The number of carbonyl (C=O) groups is 1. The lowest BCUT2D eigenvalue weighted by atomic mass is 10.1. The predicted octanol–water partition coefficient (Wildman–Crippen LogP) is 1.82. The summed E-state index contributed by atoms with van der Waals surface area (Å²) in [5, 5.41) is 15.0. The first kappa shape index (κ1) is 14.6. The zero-order valence-corrected chi connectivity index (χ0v) is 12.4. The predicted molar refractivity (Wildman–Crippen MR) is 85.3 cm³/mol. The molecule has 1 aromatic heterocycles. The molecule has 23 heavy (non-hydrogen) atoms. The maximum atomic E-state index is 12.1. The van der Waals surface area contributed by atoms with E-state index in [1.54, 1.807) is 24.3 Å². The first-order chi connectivity index (χ1) is 11.2. The largest absolute Gasteiger partial charge is 0.271 e. The molecule has 3 rings (SSSR count). The SMILES string of the molecule is C/C(=N\NC(=O)c1ccc(-n2cnnn2)cc1)c1ccccc1. The highest BCUT2D eigenvalue weighted by molar-refractivity contribution is 6.00. The molecule has 1 heterocycles. The van der Waals surface area contributed by atoms with Gasteiger partial charge in [0.05, 0.1) is 11.4 Å². The molecule has 2 aromatic carbocycles. The Balaban J connectivity index is 1.69. The van der Waals surface area contributed by atoms with Crippen LogP contribution in [0.25, 0.3) is 5.69 Å². The van der Waals surface area contributed by atoms with Gasteiger partial charge in [-0.25, -0.2) is 10.1 Å². The summed E-state index contributed by atoms with van der Waals surface area (Å²) in [6.45, 7) is 1.84. The number of nitrogens with one attached hydrogen (secondary N) is 1. The van der Waals surface area contributed by atoms with E-state index in [4.69, 9.17) is 0 Å². The van der Waals surface area contributed by atoms with Crippen LogP contribution in [0.2, 0.25) is 0 Å². The Morgan fingerprint density at radius 3 is 2.43 bits per heavy atom. The smallest absolute Gasteiger partial charge is 0.267 e. The van der Waals surface area contributed by atoms with Crippen LogP contribution in [0.3, 0.4) is 0 Å². The van der Waals surface area contributed by atoms with Crippen molar-refractivity contribution in [3.8, 4) is 5.69 Å². The molecule has 0 saturated carbocycles. The van der Waals surface area contributed by atoms with E-state index in [9.17, 15) is 4.79 Å². The molecule has 0 spiro atoms. The van der Waals surface area contributed by atoms with Gasteiger partial charge in [0.1, 0.15) is 6.33 Å². The van der Waals surface area contributed by atoms with E-state index in [0.29, 0.717) is 5.56 Å². The summed E-state index contributed by atoms with van der Waals surface area (Å²) in [6.07, 6.45) is 1.49. The third-order valence-corrected chi connectivity index (χ3v) is 3.26. The van der Waals surface area contributed by atoms with Gasteiger partial charge in [-0.1, -0.05) is 30.3 Å². The molecule has 0 saturated heterocycles. The lowest BCUT2D eigenvalue weighted by Crippen LogP contribution is -2.19. The number of aromatic nitrogens is 4. The standard InChI is InChI=1S/C16H14N6O/c1-12(13-5-3-2-4-6-13)18-19-16(23)14-7-9-15(10-8-14)22-11-17-20-21-22/h2-11H,1H3,(H,19,23)/b18-12+. The molecular formula is C16H14N6O. The maximum Gasteiger partial charge on any atom is 0.271 e. The van der Waals surface area contributed by atoms with Gasteiger partial charge < -0.3 is 0 Å². The van der Waals surface area contributed by atoms with Crippen molar-refractivity contribution in [2.45, 2.75) is 6.92 Å². The topological polar surface area (TPSA) is 85.1 Å². The van der Waals surface area contributed by atoms with E-state index in [1.807, 2.05) is 37.3 Å². The molecule has 1 N–H and O–H groups in total. The number of nitrogens with zero attached hydrogens (tertiary/aromatic N) is 5. The van der Waals surface area contributed by atoms with Crippen molar-refractivity contribution in [2.75, 3.05) is 0 Å². The van der Waals surface area contributed by atoms with E-state index < -0.39 is 0 Å². The third-order valence-electron chi connectivity index (χ3n) is 3.26. The van der Waals surface area contributed by atoms with Crippen molar-refractivity contribution in [3.63, 3.8) is 0 Å². The molecule has 3 aromatic rings. The second-order valence-corrected chi connectivity index (χ2v) is 4.81. The second kappa shape index (κ2) is 6.61. The van der Waals surface area contributed by atoms with Crippen LogP contribution in [0.5, 0.6) is 0 Å². The molecule has 0 fully saturated rings. The summed E-state index contributed by atoms with van der Waals surface area (Å²) < 4.78 is 1.51. The highest BCUT2D eigenvalue weighted by Crippen LogP contribution is 2.08. The van der Waals surface area contributed by atoms with Gasteiger partial charge >= 0.3 is 0 Å². The minimum atomic E-state index is -0.274. The first-order valence-corrected chi connectivity index (χ1v) is 6.97. The van der Waals surface area contributed by atoms with E-state index in [-0.39, 0.29) is 5.91 Å². The fourth-order valence-electron chi connectivity index (χ4n) is 1.99. The summed E-state index contributed by atoms with van der Waals surface area (Å²) in [5.74, 6) is -0.274. The van der Waals surface area contributed by atoms with Crippen molar-refractivity contribution in [1.82, 2.24) is 25.6 Å². The number of rotatable bonds is 4. The first-order valence-electron chi connectivity index (χ1n) is 6.97. The van der Waals surface area contributed by atoms with Gasteiger partial charge in [-0.05, 0) is 47.2 Å². The average molecular weight is 306 g/mol. The molecule has 0 atom stereocenters. The summed E-state index contributed by atoms with van der Waals surface area (Å²) in [4.78, 5) is 12.1. The highest BCUT2D eigenvalue weighted by Gasteiger charge is 2.06. The molecule has 1 amide bonds. The van der Waals surface area contributed by atoms with Crippen LogP contribution in [-0.4, -0.2) is 31.8 Å². The molecule has 114 valence electrons. The van der Waals surface area contributed by atoms with E-state index >= 15 is 0 Å². The molecular weight excluding hydrogens is 292 g/mol. The van der Waals surface area contributed by atoms with Crippen molar-refractivity contribution in [2.24, 2.45) is 5.10 Å². The maximum absolute atomic E-state index is 12.1. The van der Waals surface area contributed by atoms with E-state index in [0.717, 1.165) is 17.0 Å². The zero-order chi connectivity index (χ0) is 16.1. The Hall–Kier alpha value is -3.35. The molecule has 0 aliphatic heterocycles. The fourth-order valence-corrected chi connectivity index (χ4v) is 1.99. The molecule has 0 bridgehead atoms. The monoisotopic (exact) mass is 306 g/mol. The van der Waals surface area contributed by atoms with Gasteiger partial charge in [-0.3, -0.25) is 4.79 Å². The molecule has 0 aliphatic rings. The highest BCUT2D eigenvalue weighted by atomic mass is 16.2. The number of tetrazole rings is 1. The zero-order valence-electron chi connectivity index (χ0n) is 12.4. The number of amides is 1. The molecule has 7 heteroatoms. The number of hydrogen-bond donors (Lipinski definition) is 1. The number of hydrogen-bond acceptors (Lipinski definition) is 5. The normalized spacial score (nSPS) is 11.3. The summed E-state index contributed by atoms with van der Waals surface area (Å²) >= 11 is 0. The third kappa shape index (κ3) is 3.46. The van der Waals surface area contributed by atoms with Crippen molar-refractivity contribution in [3.05, 3.63) is 72.1 Å². The summed E-state index contributed by atoms with van der Waals surface area (Å²) in [6, 6.07) is 16.6. The average Bonchev–Trinajstić information content (AvgIpc) is 3.15. The van der Waals surface area contributed by atoms with E-state index in [2.05, 4.69) is 26.1 Å². The summed E-state index contributed by atoms with van der Waals surface area (Å²) in [5.41, 5.74) is 5.53. The lowest BCUT2D eigenvalue weighted by Gasteiger charge is -2.04. The minimum Gasteiger partial charge on any atom is -0.267 e. The lowest BCUT2D eigenvalue weighted by molar-refractivity contribution is 0.0955. The summed E-state index contributed by atoms with van der Waals surface area (Å²) in [7, 11) is 0. The van der Waals surface area contributed by atoms with Gasteiger partial charge in [0, 0.05) is 5.56 Å². The van der Waals surface area contributed by atoms with E-state index in [1.165, 1.54) is 11.0 Å². The van der Waals surface area contributed by atoms with Crippen molar-refractivity contribution >= 4 is 11.6 Å². The van der Waals surface area contributed by atoms with Crippen LogP contribution in [0.1, 0.15) is 22.8 Å². The Bertz CT molecular complexity index is 810. The van der Waals surface area contributed by atoms with Gasteiger partial charge in [0.25, 0.3) is 5.91 Å². The van der Waals surface area contributed by atoms with Gasteiger partial charge in [-0.2, -0.15) is 5.10 Å². The van der Waals surface area contributed by atoms with Crippen LogP contribution >= 0.6 is 0 Å². The minimum absolute atomic E-state index is 0.274. The Morgan fingerprint density at radius 2 is 1.78 bits per heavy atom. The van der Waals surface area contributed by atoms with Crippen LogP contribution in [-0.2, 0) is 0 Å². The quantitative estimate of drug-likeness (QED) is 0.588. The Labute approximate surface area is 132 Å². The van der Waals surface area contributed by atoms with Gasteiger partial charge in [0.2, 0.25) is 0 Å². The van der Waals surface area contributed by atoms with Crippen LogP contribution < -0.4 is 5.43 Å². The van der Waals surface area contributed by atoms with Crippen LogP contribution in [0.15, 0.2) is 66.0 Å².